The molecule has 1 aliphatic carbocycles. The molecule has 1 heteroatoms. The lowest BCUT2D eigenvalue weighted by Gasteiger charge is -2.25. The molecule has 0 spiro atoms. The quantitative estimate of drug-likeness (QED) is 0.166. The molecule has 0 atom stereocenters. The maximum absolute atomic E-state index is 7.04. The van der Waals surface area contributed by atoms with Crippen LogP contribution in [0.4, 0.5) is 0 Å². The van der Waals surface area contributed by atoms with Crippen molar-refractivity contribution >= 4 is 65.0 Å². The number of benzene rings is 10. The fraction of sp³-hybridized carbons (Fsp3) is 0.0545. The monoisotopic (exact) mass is 712 g/mol. The molecule has 12 rings (SSSR count). The third-order valence-electron chi connectivity index (χ3n) is 12.6. The fourth-order valence-electron chi connectivity index (χ4n) is 10.1. The van der Waals surface area contributed by atoms with Crippen LogP contribution in [0.5, 0.6) is 0 Å². The van der Waals surface area contributed by atoms with Gasteiger partial charge in [-0.1, -0.05) is 172 Å². The average molecular weight is 713 g/mol. The molecule has 0 aliphatic heterocycles. The standard InChI is InChI=1S/C55H36O/c1-55(2)47-25-12-11-20-40(47)45-32-46-52-39-19-6-5-15-34(39)28-29-48(52)56-54(46)51(53(45)55)37-18-13-17-36(31-37)49-41-21-7-9-23-43(41)50(44-24-10-8-22-42(44)49)38-27-26-33-14-3-4-16-35(33)30-38/h3-32H,1-2H3. The largest absolute Gasteiger partial charge is 0.455 e. The smallest absolute Gasteiger partial charge is 0.143 e. The molecule has 1 nitrogen and oxygen atoms in total. The summed E-state index contributed by atoms with van der Waals surface area (Å²) in [6, 6.07) is 67.1. The minimum atomic E-state index is -0.229. The van der Waals surface area contributed by atoms with E-state index in [9.17, 15) is 0 Å². The van der Waals surface area contributed by atoms with Gasteiger partial charge in [0.1, 0.15) is 11.2 Å². The van der Waals surface area contributed by atoms with E-state index in [0.29, 0.717) is 0 Å². The highest BCUT2D eigenvalue weighted by molar-refractivity contribution is 6.24. The van der Waals surface area contributed by atoms with Crippen molar-refractivity contribution < 1.29 is 4.42 Å². The van der Waals surface area contributed by atoms with Gasteiger partial charge in [0.25, 0.3) is 0 Å². The molecule has 0 saturated heterocycles. The van der Waals surface area contributed by atoms with Crippen molar-refractivity contribution in [3.05, 3.63) is 193 Å². The first kappa shape index (κ1) is 31.4. The van der Waals surface area contributed by atoms with E-state index in [1.54, 1.807) is 0 Å². The van der Waals surface area contributed by atoms with Crippen LogP contribution in [0.15, 0.2) is 186 Å². The Bertz CT molecular complexity index is 3390. The van der Waals surface area contributed by atoms with Gasteiger partial charge in [-0.2, -0.15) is 0 Å². The average Bonchev–Trinajstić information content (AvgIpc) is 3.74. The fourth-order valence-corrected chi connectivity index (χ4v) is 10.1. The summed E-state index contributed by atoms with van der Waals surface area (Å²) in [5, 5.41) is 12.3. The van der Waals surface area contributed by atoms with Crippen molar-refractivity contribution in [1.29, 1.82) is 0 Å². The predicted octanol–water partition coefficient (Wildman–Crippen LogP) is 15.5. The van der Waals surface area contributed by atoms with Crippen molar-refractivity contribution in [3.63, 3.8) is 0 Å². The molecule has 0 amide bonds. The number of furan rings is 1. The Hall–Kier alpha value is -6.96. The van der Waals surface area contributed by atoms with Gasteiger partial charge in [-0.05, 0) is 117 Å². The van der Waals surface area contributed by atoms with E-state index >= 15 is 0 Å². The summed E-state index contributed by atoms with van der Waals surface area (Å²) in [7, 11) is 0. The molecule has 1 heterocycles. The van der Waals surface area contributed by atoms with Gasteiger partial charge in [0.05, 0.1) is 0 Å². The van der Waals surface area contributed by atoms with Gasteiger partial charge in [0, 0.05) is 21.8 Å². The first-order valence-corrected chi connectivity index (χ1v) is 19.6. The zero-order valence-corrected chi connectivity index (χ0v) is 31.2. The molecular formula is C55H36O. The van der Waals surface area contributed by atoms with Crippen LogP contribution in [-0.2, 0) is 5.41 Å². The second-order valence-electron chi connectivity index (χ2n) is 16.0. The van der Waals surface area contributed by atoms with Crippen LogP contribution in [0.25, 0.3) is 110 Å². The summed E-state index contributed by atoms with van der Waals surface area (Å²) in [5.41, 5.74) is 14.2. The zero-order valence-electron chi connectivity index (χ0n) is 31.2. The summed E-state index contributed by atoms with van der Waals surface area (Å²) in [4.78, 5) is 0. The predicted molar refractivity (Wildman–Crippen MR) is 238 cm³/mol. The van der Waals surface area contributed by atoms with Crippen LogP contribution in [0.1, 0.15) is 25.0 Å². The molecule has 1 aromatic heterocycles. The van der Waals surface area contributed by atoms with E-state index in [4.69, 9.17) is 4.42 Å². The molecule has 0 bridgehead atoms. The van der Waals surface area contributed by atoms with Crippen molar-refractivity contribution in [2.24, 2.45) is 0 Å². The highest BCUT2D eigenvalue weighted by Gasteiger charge is 2.39. The summed E-state index contributed by atoms with van der Waals surface area (Å²) in [6.07, 6.45) is 0. The lowest BCUT2D eigenvalue weighted by molar-refractivity contribution is 0.650. The SMILES string of the molecule is CC1(C)c2ccccc2-c2cc3c(oc4ccc5ccccc5c43)c(-c3cccc(-c4c5ccccc5c(-c5ccc6ccccc6c5)c5ccccc45)c3)c21. The third-order valence-corrected chi connectivity index (χ3v) is 12.6. The highest BCUT2D eigenvalue weighted by atomic mass is 16.3. The van der Waals surface area contributed by atoms with Gasteiger partial charge in [-0.15, -0.1) is 0 Å². The van der Waals surface area contributed by atoms with Gasteiger partial charge in [0.2, 0.25) is 0 Å². The second kappa shape index (κ2) is 11.5. The van der Waals surface area contributed by atoms with Gasteiger partial charge in [-0.3, -0.25) is 0 Å². The van der Waals surface area contributed by atoms with Crippen LogP contribution in [0.2, 0.25) is 0 Å². The topological polar surface area (TPSA) is 13.1 Å². The molecule has 10 aromatic carbocycles. The summed E-state index contributed by atoms with van der Waals surface area (Å²) in [6.45, 7) is 4.75. The Morgan fingerprint density at radius 1 is 0.375 bits per heavy atom. The van der Waals surface area contributed by atoms with E-state index in [-0.39, 0.29) is 5.41 Å². The molecule has 262 valence electrons. The Morgan fingerprint density at radius 3 is 1.64 bits per heavy atom. The number of hydrogen-bond acceptors (Lipinski definition) is 1. The van der Waals surface area contributed by atoms with Crippen LogP contribution in [-0.4, -0.2) is 0 Å². The Balaban J connectivity index is 1.16. The lowest BCUT2D eigenvalue weighted by Crippen LogP contribution is -2.16. The molecule has 0 saturated carbocycles. The molecule has 0 unspecified atom stereocenters. The molecule has 56 heavy (non-hydrogen) atoms. The van der Waals surface area contributed by atoms with E-state index in [1.807, 2.05) is 0 Å². The zero-order chi connectivity index (χ0) is 37.1. The summed E-state index contributed by atoms with van der Waals surface area (Å²) in [5.74, 6) is 0. The van der Waals surface area contributed by atoms with Crippen molar-refractivity contribution in [1.82, 2.24) is 0 Å². The minimum absolute atomic E-state index is 0.229. The van der Waals surface area contributed by atoms with Gasteiger partial charge in [-0.25, -0.2) is 0 Å². The Labute approximate surface area is 325 Å². The number of fused-ring (bicyclic) bond motifs is 11. The minimum Gasteiger partial charge on any atom is -0.455 e. The molecule has 11 aromatic rings. The van der Waals surface area contributed by atoms with E-state index in [0.717, 1.165) is 11.2 Å². The molecule has 0 radical (unpaired) electrons. The number of rotatable bonds is 3. The maximum Gasteiger partial charge on any atom is 0.143 e. The van der Waals surface area contributed by atoms with Gasteiger partial charge >= 0.3 is 0 Å². The Kier molecular flexibility index (Phi) is 6.46. The number of hydrogen-bond donors (Lipinski definition) is 0. The van der Waals surface area contributed by atoms with E-state index in [2.05, 4.69) is 196 Å². The van der Waals surface area contributed by atoms with E-state index < -0.39 is 0 Å². The van der Waals surface area contributed by atoms with Crippen LogP contribution < -0.4 is 0 Å². The van der Waals surface area contributed by atoms with Crippen molar-refractivity contribution in [3.8, 4) is 44.5 Å². The normalized spacial score (nSPS) is 13.3. The molecule has 0 fully saturated rings. The second-order valence-corrected chi connectivity index (χ2v) is 16.0. The Morgan fingerprint density at radius 2 is 0.929 bits per heavy atom. The first-order valence-electron chi connectivity index (χ1n) is 19.6. The highest BCUT2D eigenvalue weighted by Crippen LogP contribution is 2.56. The molecular weight excluding hydrogens is 677 g/mol. The van der Waals surface area contributed by atoms with Crippen molar-refractivity contribution in [2.75, 3.05) is 0 Å². The summed E-state index contributed by atoms with van der Waals surface area (Å²) < 4.78 is 7.04. The van der Waals surface area contributed by atoms with Gasteiger partial charge in [0.15, 0.2) is 0 Å². The lowest BCUT2D eigenvalue weighted by atomic mass is 9.78. The summed E-state index contributed by atoms with van der Waals surface area (Å²) >= 11 is 0. The third kappa shape index (κ3) is 4.31. The molecule has 1 aliphatic rings. The maximum atomic E-state index is 7.04. The molecule has 0 N–H and O–H groups in total. The van der Waals surface area contributed by atoms with Gasteiger partial charge < -0.3 is 4.42 Å². The first-order chi connectivity index (χ1) is 27.5. The van der Waals surface area contributed by atoms with E-state index in [1.165, 1.54) is 109 Å². The van der Waals surface area contributed by atoms with Crippen LogP contribution in [0, 0.1) is 0 Å². The van der Waals surface area contributed by atoms with Crippen LogP contribution >= 0.6 is 0 Å². The van der Waals surface area contributed by atoms with Crippen LogP contribution in [0.3, 0.4) is 0 Å². The van der Waals surface area contributed by atoms with Crippen molar-refractivity contribution in [2.45, 2.75) is 19.3 Å².